The van der Waals surface area contributed by atoms with Gasteiger partial charge >= 0.3 is 0 Å². The van der Waals surface area contributed by atoms with E-state index >= 15 is 0 Å². The van der Waals surface area contributed by atoms with Gasteiger partial charge in [-0.3, -0.25) is 4.99 Å². The SMILES string of the molecule is CCCCOCCNC(=NC)NCc1sc(C)nc1C.I. The number of rotatable bonds is 8. The molecular formula is C14H27IN4OS. The van der Waals surface area contributed by atoms with Gasteiger partial charge in [-0.05, 0) is 20.3 Å². The second-order valence-electron chi connectivity index (χ2n) is 4.56. The Hall–Kier alpha value is -0.410. The van der Waals surface area contributed by atoms with Crippen LogP contribution in [-0.4, -0.2) is 37.7 Å². The molecule has 0 saturated heterocycles. The highest BCUT2D eigenvalue weighted by molar-refractivity contribution is 14.0. The predicted octanol–water partition coefficient (Wildman–Crippen LogP) is 2.86. The van der Waals surface area contributed by atoms with E-state index in [1.807, 2.05) is 13.8 Å². The van der Waals surface area contributed by atoms with Crippen molar-refractivity contribution in [2.45, 2.75) is 40.2 Å². The van der Waals surface area contributed by atoms with Crippen LogP contribution in [0.5, 0.6) is 0 Å². The highest BCUT2D eigenvalue weighted by Crippen LogP contribution is 2.16. The van der Waals surface area contributed by atoms with Crippen LogP contribution in [-0.2, 0) is 11.3 Å². The monoisotopic (exact) mass is 426 g/mol. The van der Waals surface area contributed by atoms with Crippen LogP contribution in [0.1, 0.15) is 35.3 Å². The van der Waals surface area contributed by atoms with E-state index in [0.717, 1.165) is 42.8 Å². The number of aromatic nitrogens is 1. The Labute approximate surface area is 149 Å². The number of aryl methyl sites for hydroxylation is 2. The summed E-state index contributed by atoms with van der Waals surface area (Å²) >= 11 is 1.72. The molecule has 0 aliphatic rings. The molecule has 0 bridgehead atoms. The first kappa shape index (κ1) is 20.6. The van der Waals surface area contributed by atoms with E-state index in [2.05, 4.69) is 27.5 Å². The van der Waals surface area contributed by atoms with Crippen LogP contribution in [0.2, 0.25) is 0 Å². The molecule has 0 saturated carbocycles. The lowest BCUT2D eigenvalue weighted by Gasteiger charge is -2.11. The quantitative estimate of drug-likeness (QED) is 0.291. The van der Waals surface area contributed by atoms with Crippen molar-refractivity contribution < 1.29 is 4.74 Å². The second-order valence-corrected chi connectivity index (χ2v) is 5.85. The fraction of sp³-hybridized carbons (Fsp3) is 0.714. The van der Waals surface area contributed by atoms with Crippen LogP contribution in [0.25, 0.3) is 0 Å². The fourth-order valence-electron chi connectivity index (χ4n) is 1.71. The van der Waals surface area contributed by atoms with Crippen molar-refractivity contribution in [3.8, 4) is 0 Å². The molecule has 1 rings (SSSR count). The van der Waals surface area contributed by atoms with Gasteiger partial charge in [0.25, 0.3) is 0 Å². The van der Waals surface area contributed by atoms with Gasteiger partial charge in [0.1, 0.15) is 0 Å². The Morgan fingerprint density at radius 1 is 1.29 bits per heavy atom. The highest BCUT2D eigenvalue weighted by atomic mass is 127. The molecule has 0 unspecified atom stereocenters. The van der Waals surface area contributed by atoms with Gasteiger partial charge in [0.15, 0.2) is 5.96 Å². The maximum absolute atomic E-state index is 5.50. The molecule has 5 nitrogen and oxygen atoms in total. The Kier molecular flexibility index (Phi) is 11.9. The van der Waals surface area contributed by atoms with Gasteiger partial charge in [0.2, 0.25) is 0 Å². The molecule has 7 heteroatoms. The van der Waals surface area contributed by atoms with Crippen LogP contribution < -0.4 is 10.6 Å². The maximum Gasteiger partial charge on any atom is 0.191 e. The number of guanidine groups is 1. The molecule has 0 amide bonds. The van der Waals surface area contributed by atoms with Gasteiger partial charge < -0.3 is 15.4 Å². The average Bonchev–Trinajstić information content (AvgIpc) is 2.75. The largest absolute Gasteiger partial charge is 0.380 e. The zero-order valence-corrected chi connectivity index (χ0v) is 16.5. The highest BCUT2D eigenvalue weighted by Gasteiger charge is 2.05. The number of ether oxygens (including phenoxy) is 1. The molecule has 21 heavy (non-hydrogen) atoms. The summed E-state index contributed by atoms with van der Waals surface area (Å²) in [6, 6.07) is 0. The fourth-order valence-corrected chi connectivity index (χ4v) is 2.59. The summed E-state index contributed by atoms with van der Waals surface area (Å²) in [5.74, 6) is 0.801. The van der Waals surface area contributed by atoms with Crippen LogP contribution in [0.15, 0.2) is 4.99 Å². The summed E-state index contributed by atoms with van der Waals surface area (Å²) in [5, 5.41) is 7.64. The minimum atomic E-state index is 0. The zero-order chi connectivity index (χ0) is 14.8. The van der Waals surface area contributed by atoms with Crippen molar-refractivity contribution in [3.63, 3.8) is 0 Å². The first-order valence-electron chi connectivity index (χ1n) is 7.12. The second kappa shape index (κ2) is 12.2. The van der Waals surface area contributed by atoms with Crippen LogP contribution in [0.3, 0.4) is 0 Å². The lowest BCUT2D eigenvalue weighted by molar-refractivity contribution is 0.136. The minimum Gasteiger partial charge on any atom is -0.380 e. The maximum atomic E-state index is 5.50. The third-order valence-corrected chi connectivity index (χ3v) is 3.89. The van der Waals surface area contributed by atoms with E-state index in [1.54, 1.807) is 18.4 Å². The van der Waals surface area contributed by atoms with Gasteiger partial charge in [0, 0.05) is 25.1 Å². The van der Waals surface area contributed by atoms with E-state index in [-0.39, 0.29) is 24.0 Å². The molecular weight excluding hydrogens is 399 g/mol. The average molecular weight is 426 g/mol. The predicted molar refractivity (Wildman–Crippen MR) is 101 cm³/mol. The molecule has 0 spiro atoms. The first-order chi connectivity index (χ1) is 9.67. The number of nitrogens with zero attached hydrogens (tertiary/aromatic N) is 2. The van der Waals surface area contributed by atoms with Gasteiger partial charge in [-0.25, -0.2) is 4.98 Å². The Balaban J connectivity index is 0.00000400. The summed E-state index contributed by atoms with van der Waals surface area (Å²) in [5.41, 5.74) is 1.10. The number of unbranched alkanes of at least 4 members (excludes halogenated alkanes) is 1. The Bertz CT molecular complexity index is 423. The molecule has 0 aliphatic heterocycles. The molecule has 0 aromatic carbocycles. The molecule has 0 fully saturated rings. The standard InChI is InChI=1S/C14H26N4OS.HI/c1-5-6-8-19-9-7-16-14(15-4)17-10-13-11(2)18-12(3)20-13;/h5-10H2,1-4H3,(H2,15,16,17);1H. The smallest absolute Gasteiger partial charge is 0.191 e. The minimum absolute atomic E-state index is 0. The number of hydrogen-bond donors (Lipinski definition) is 2. The van der Waals surface area contributed by atoms with E-state index in [4.69, 9.17) is 4.74 Å². The van der Waals surface area contributed by atoms with Gasteiger partial charge in [-0.15, -0.1) is 35.3 Å². The van der Waals surface area contributed by atoms with Gasteiger partial charge in [-0.2, -0.15) is 0 Å². The third-order valence-electron chi connectivity index (χ3n) is 2.82. The van der Waals surface area contributed by atoms with Gasteiger partial charge in [0.05, 0.1) is 23.9 Å². The molecule has 0 radical (unpaired) electrons. The summed E-state index contributed by atoms with van der Waals surface area (Å²) in [6.45, 7) is 9.30. The number of hydrogen-bond acceptors (Lipinski definition) is 4. The van der Waals surface area contributed by atoms with E-state index in [1.165, 1.54) is 11.3 Å². The lowest BCUT2D eigenvalue weighted by Crippen LogP contribution is -2.38. The van der Waals surface area contributed by atoms with Crippen molar-refractivity contribution >= 4 is 41.3 Å². The molecule has 0 aliphatic carbocycles. The van der Waals surface area contributed by atoms with Crippen molar-refractivity contribution in [1.82, 2.24) is 15.6 Å². The number of nitrogens with one attached hydrogen (secondary N) is 2. The van der Waals surface area contributed by atoms with Gasteiger partial charge in [-0.1, -0.05) is 13.3 Å². The summed E-state index contributed by atoms with van der Waals surface area (Å²) < 4.78 is 5.50. The van der Waals surface area contributed by atoms with E-state index in [9.17, 15) is 0 Å². The van der Waals surface area contributed by atoms with Crippen molar-refractivity contribution in [2.75, 3.05) is 26.8 Å². The lowest BCUT2D eigenvalue weighted by atomic mass is 10.4. The first-order valence-corrected chi connectivity index (χ1v) is 7.94. The summed E-state index contributed by atoms with van der Waals surface area (Å²) in [4.78, 5) is 9.87. The Morgan fingerprint density at radius 2 is 2.05 bits per heavy atom. The third kappa shape index (κ3) is 8.57. The van der Waals surface area contributed by atoms with Crippen molar-refractivity contribution in [3.05, 3.63) is 15.6 Å². The van der Waals surface area contributed by atoms with Crippen LogP contribution in [0.4, 0.5) is 0 Å². The number of aliphatic imine (C=N–C) groups is 1. The number of halogens is 1. The van der Waals surface area contributed by atoms with Crippen molar-refractivity contribution in [1.29, 1.82) is 0 Å². The van der Waals surface area contributed by atoms with Crippen LogP contribution >= 0.6 is 35.3 Å². The molecule has 1 aromatic rings. The molecule has 122 valence electrons. The summed E-state index contributed by atoms with van der Waals surface area (Å²) in [7, 11) is 1.78. The van der Waals surface area contributed by atoms with E-state index in [0.29, 0.717) is 6.61 Å². The zero-order valence-electron chi connectivity index (χ0n) is 13.4. The molecule has 2 N–H and O–H groups in total. The van der Waals surface area contributed by atoms with Crippen LogP contribution in [0, 0.1) is 13.8 Å². The van der Waals surface area contributed by atoms with E-state index < -0.39 is 0 Å². The van der Waals surface area contributed by atoms with Crippen molar-refractivity contribution in [2.24, 2.45) is 4.99 Å². The summed E-state index contributed by atoms with van der Waals surface area (Å²) in [6.07, 6.45) is 2.29. The topological polar surface area (TPSA) is 58.5 Å². The number of thiazole rings is 1. The molecule has 1 heterocycles. The Morgan fingerprint density at radius 3 is 2.62 bits per heavy atom. The molecule has 0 atom stereocenters. The normalized spacial score (nSPS) is 11.1. The molecule has 1 aromatic heterocycles.